The maximum absolute atomic E-state index is 2.45. The molecule has 278 valence electrons. The van der Waals surface area contributed by atoms with E-state index in [2.05, 4.69) is 244 Å². The van der Waals surface area contributed by atoms with E-state index < -0.39 is 0 Å². The summed E-state index contributed by atoms with van der Waals surface area (Å²) in [6.45, 7) is 6.43. The Morgan fingerprint density at radius 1 is 0.310 bits per heavy atom. The number of hydrogen-bond acceptors (Lipinski definition) is 1. The van der Waals surface area contributed by atoms with E-state index in [1.54, 1.807) is 0 Å². The van der Waals surface area contributed by atoms with Crippen molar-refractivity contribution in [2.24, 2.45) is 0 Å². The molecule has 0 saturated heterocycles. The zero-order valence-electron chi connectivity index (χ0n) is 33.2. The van der Waals surface area contributed by atoms with Crippen LogP contribution in [0.1, 0.15) is 50.1 Å². The first-order valence-corrected chi connectivity index (χ1v) is 20.1. The molecule has 0 amide bonds. The Kier molecular flexibility index (Phi) is 10.1. The molecular weight excluding hydrogens is 699 g/mol. The van der Waals surface area contributed by atoms with Crippen molar-refractivity contribution in [2.75, 3.05) is 4.90 Å². The van der Waals surface area contributed by atoms with Gasteiger partial charge in [-0.25, -0.2) is 0 Å². The molecule has 0 atom stereocenters. The van der Waals surface area contributed by atoms with E-state index in [0.29, 0.717) is 0 Å². The lowest BCUT2D eigenvalue weighted by Gasteiger charge is -2.29. The molecule has 0 N–H and O–H groups in total. The normalized spacial score (nSPS) is 11.9. The summed E-state index contributed by atoms with van der Waals surface area (Å²) in [5, 5.41) is 4.78. The third-order valence-corrected chi connectivity index (χ3v) is 11.1. The summed E-state index contributed by atoms with van der Waals surface area (Å²) in [4.78, 5) is 2.45. The summed E-state index contributed by atoms with van der Waals surface area (Å²) >= 11 is 0. The Morgan fingerprint density at radius 2 is 0.638 bits per heavy atom. The van der Waals surface area contributed by atoms with Gasteiger partial charge in [0, 0.05) is 16.5 Å². The van der Waals surface area contributed by atoms with Crippen molar-refractivity contribution in [1.29, 1.82) is 0 Å². The first kappa shape index (κ1) is 36.4. The Labute approximate surface area is 342 Å². The van der Waals surface area contributed by atoms with E-state index in [-0.39, 0.29) is 0 Å². The number of nitrogens with zero attached hydrogens (tertiary/aromatic N) is 1. The summed E-state index contributed by atoms with van der Waals surface area (Å²) in [5.74, 6) is 0. The van der Waals surface area contributed by atoms with Gasteiger partial charge in [0.25, 0.3) is 0 Å². The molecule has 9 rings (SSSR count). The molecule has 9 aromatic carbocycles. The van der Waals surface area contributed by atoms with Crippen LogP contribution in [-0.2, 0) is 0 Å². The Bertz CT molecular complexity index is 2740. The number of benzene rings is 9. The van der Waals surface area contributed by atoms with Crippen molar-refractivity contribution >= 4 is 61.9 Å². The van der Waals surface area contributed by atoms with Gasteiger partial charge in [0.1, 0.15) is 0 Å². The lowest BCUT2D eigenvalue weighted by molar-refractivity contribution is 1.30. The molecule has 58 heavy (non-hydrogen) atoms. The molecular formula is C57H45N. The van der Waals surface area contributed by atoms with Crippen molar-refractivity contribution in [2.45, 2.75) is 20.8 Å². The number of anilines is 3. The minimum Gasteiger partial charge on any atom is -0.309 e. The largest absolute Gasteiger partial charge is 0.309 e. The van der Waals surface area contributed by atoms with Crippen LogP contribution >= 0.6 is 0 Å². The monoisotopic (exact) mass is 743 g/mol. The van der Waals surface area contributed by atoms with Crippen LogP contribution in [0.2, 0.25) is 0 Å². The highest BCUT2D eigenvalue weighted by molar-refractivity contribution is 6.10. The minimum atomic E-state index is 1.11. The lowest BCUT2D eigenvalue weighted by atomic mass is 9.92. The summed E-state index contributed by atoms with van der Waals surface area (Å²) in [5.41, 5.74) is 16.6. The maximum Gasteiger partial charge on any atom is 0.0540 e. The highest BCUT2D eigenvalue weighted by atomic mass is 15.1. The molecule has 0 unspecified atom stereocenters. The summed E-state index contributed by atoms with van der Waals surface area (Å²) in [6, 6.07) is 75.0. The molecule has 9 aromatic rings. The van der Waals surface area contributed by atoms with Gasteiger partial charge >= 0.3 is 0 Å². The Hall–Kier alpha value is -7.22. The second-order valence-corrected chi connectivity index (χ2v) is 15.2. The van der Waals surface area contributed by atoms with E-state index in [4.69, 9.17) is 0 Å². The molecule has 0 fully saturated rings. The summed E-state index contributed by atoms with van der Waals surface area (Å²) < 4.78 is 0. The molecule has 0 heterocycles. The molecule has 0 bridgehead atoms. The molecule has 1 nitrogen and oxygen atoms in total. The van der Waals surface area contributed by atoms with E-state index in [9.17, 15) is 0 Å². The van der Waals surface area contributed by atoms with Crippen molar-refractivity contribution < 1.29 is 0 Å². The smallest absolute Gasteiger partial charge is 0.0540 e. The topological polar surface area (TPSA) is 3.24 Å². The number of hydrogen-bond donors (Lipinski definition) is 0. The van der Waals surface area contributed by atoms with Crippen LogP contribution in [0, 0.1) is 20.8 Å². The van der Waals surface area contributed by atoms with Gasteiger partial charge in [0.05, 0.1) is 11.4 Å². The standard InChI is InChI=1S/C57H45N/c1-40-22-28-45(29-23-40)54(43-14-6-4-7-15-43)38-47-32-36-56(52-20-12-10-18-50(47)52)58(49-34-26-42(3)27-35-49)57-37-33-48(51-19-11-13-21-53(51)57)39-55(44-16-8-5-9-17-44)46-30-24-41(2)25-31-46/h4-39H,1-3H3. The molecule has 0 aliphatic carbocycles. The zero-order valence-corrected chi connectivity index (χ0v) is 33.2. The van der Waals surface area contributed by atoms with Gasteiger partial charge < -0.3 is 4.90 Å². The molecule has 0 aliphatic heterocycles. The SMILES string of the molecule is Cc1ccc(C(=Cc2ccc(N(c3ccc(C)cc3)c3ccc(C=C(c4ccccc4)c4ccc(C)cc4)c4ccccc34)c3ccccc23)c2ccccc2)cc1. The second-order valence-electron chi connectivity index (χ2n) is 15.2. The summed E-state index contributed by atoms with van der Waals surface area (Å²) in [6.07, 6.45) is 4.72. The van der Waals surface area contributed by atoms with Gasteiger partial charge in [0.15, 0.2) is 0 Å². The lowest BCUT2D eigenvalue weighted by Crippen LogP contribution is -2.11. The van der Waals surface area contributed by atoms with Crippen LogP contribution in [0.15, 0.2) is 206 Å². The molecule has 0 aliphatic rings. The molecule has 1 heteroatoms. The first-order valence-electron chi connectivity index (χ1n) is 20.1. The van der Waals surface area contributed by atoms with Crippen LogP contribution in [-0.4, -0.2) is 0 Å². The van der Waals surface area contributed by atoms with Crippen LogP contribution < -0.4 is 4.90 Å². The zero-order chi connectivity index (χ0) is 39.4. The molecule has 0 saturated carbocycles. The average molecular weight is 744 g/mol. The second kappa shape index (κ2) is 16.1. The van der Waals surface area contributed by atoms with Crippen molar-refractivity contribution in [3.05, 3.63) is 256 Å². The van der Waals surface area contributed by atoms with E-state index in [1.165, 1.54) is 82.8 Å². The quantitative estimate of drug-likeness (QED) is 0.133. The predicted octanol–water partition coefficient (Wildman–Crippen LogP) is 15.6. The van der Waals surface area contributed by atoms with E-state index in [1.807, 2.05) is 0 Å². The van der Waals surface area contributed by atoms with Crippen LogP contribution in [0.25, 0.3) is 44.8 Å². The third kappa shape index (κ3) is 7.39. The van der Waals surface area contributed by atoms with Gasteiger partial charge in [-0.2, -0.15) is 0 Å². The van der Waals surface area contributed by atoms with Crippen molar-refractivity contribution in [3.8, 4) is 0 Å². The van der Waals surface area contributed by atoms with Crippen molar-refractivity contribution in [1.82, 2.24) is 0 Å². The first-order chi connectivity index (χ1) is 28.5. The fraction of sp³-hybridized carbons (Fsp3) is 0.0526. The highest BCUT2D eigenvalue weighted by Crippen LogP contribution is 2.44. The van der Waals surface area contributed by atoms with Gasteiger partial charge in [-0.15, -0.1) is 0 Å². The third-order valence-electron chi connectivity index (χ3n) is 11.1. The molecule has 0 radical (unpaired) electrons. The van der Waals surface area contributed by atoms with Crippen LogP contribution in [0.5, 0.6) is 0 Å². The van der Waals surface area contributed by atoms with Gasteiger partial charge in [-0.05, 0) is 112 Å². The van der Waals surface area contributed by atoms with E-state index >= 15 is 0 Å². The van der Waals surface area contributed by atoms with Gasteiger partial charge in [-0.1, -0.05) is 199 Å². The predicted molar refractivity (Wildman–Crippen MR) is 250 cm³/mol. The number of rotatable bonds is 9. The fourth-order valence-electron chi connectivity index (χ4n) is 8.04. The minimum absolute atomic E-state index is 1.11. The molecule has 0 spiro atoms. The van der Waals surface area contributed by atoms with Crippen molar-refractivity contribution in [3.63, 3.8) is 0 Å². The maximum atomic E-state index is 2.45. The Balaban J connectivity index is 1.24. The van der Waals surface area contributed by atoms with E-state index in [0.717, 1.165) is 17.1 Å². The average Bonchev–Trinajstić information content (AvgIpc) is 3.27. The van der Waals surface area contributed by atoms with Crippen LogP contribution in [0.3, 0.4) is 0 Å². The highest BCUT2D eigenvalue weighted by Gasteiger charge is 2.20. The molecule has 0 aromatic heterocycles. The fourth-order valence-corrected chi connectivity index (χ4v) is 8.04. The van der Waals surface area contributed by atoms with Gasteiger partial charge in [-0.3, -0.25) is 0 Å². The van der Waals surface area contributed by atoms with Crippen LogP contribution in [0.4, 0.5) is 17.1 Å². The number of aryl methyl sites for hydroxylation is 3. The van der Waals surface area contributed by atoms with Gasteiger partial charge in [0.2, 0.25) is 0 Å². The Morgan fingerprint density at radius 3 is 1.03 bits per heavy atom. The summed E-state index contributed by atoms with van der Waals surface area (Å²) in [7, 11) is 0. The number of fused-ring (bicyclic) bond motifs is 2.